The quantitative estimate of drug-likeness (QED) is 0.860. The molecule has 0 aromatic heterocycles. The Morgan fingerprint density at radius 3 is 1.95 bits per heavy atom. The molecule has 0 saturated carbocycles. The van der Waals surface area contributed by atoms with Crippen molar-refractivity contribution < 1.29 is 0 Å². The first kappa shape index (κ1) is 11.5. The smallest absolute Gasteiger partial charge is 0.0972 e. The van der Waals surface area contributed by atoms with Crippen molar-refractivity contribution in [1.82, 2.24) is 5.43 Å². The normalized spacial score (nSPS) is 14.4. The van der Waals surface area contributed by atoms with Crippen molar-refractivity contribution in [1.29, 1.82) is 0 Å². The lowest BCUT2D eigenvalue weighted by Crippen LogP contribution is -2.17. The third-order valence-electron chi connectivity index (χ3n) is 3.04. The minimum absolute atomic E-state index is 0.889. The topological polar surface area (TPSA) is 24.4 Å². The maximum atomic E-state index is 4.44. The summed E-state index contributed by atoms with van der Waals surface area (Å²) < 4.78 is 0. The Kier molecular flexibility index (Phi) is 2.99. The molecule has 0 spiro atoms. The molecule has 1 N–H and O–H groups in total. The fourth-order valence-corrected chi connectivity index (χ4v) is 2.07. The van der Waals surface area contributed by atoms with Crippen molar-refractivity contribution in [2.24, 2.45) is 5.10 Å². The molecule has 2 aromatic carbocycles. The number of hydrazone groups is 1. The first-order valence-electron chi connectivity index (χ1n) is 6.20. The standard InChI is InChI=1S/C17H14N2/c1-13-12-16(14-8-4-2-5-9-14)18-19-17(13)15-10-6-3-7-11-15/h2-12,18H,1H2. The van der Waals surface area contributed by atoms with Crippen molar-refractivity contribution in [2.75, 3.05) is 0 Å². The largest absolute Gasteiger partial charge is 0.277 e. The van der Waals surface area contributed by atoms with Crippen LogP contribution in [0.1, 0.15) is 11.1 Å². The Labute approximate surface area is 112 Å². The Bertz CT molecular complexity index is 652. The summed E-state index contributed by atoms with van der Waals surface area (Å²) in [5, 5.41) is 4.44. The van der Waals surface area contributed by atoms with Gasteiger partial charge in [0.05, 0.1) is 11.4 Å². The molecule has 0 bridgehead atoms. The van der Waals surface area contributed by atoms with Gasteiger partial charge in [0.25, 0.3) is 0 Å². The second-order valence-electron chi connectivity index (χ2n) is 4.39. The van der Waals surface area contributed by atoms with Crippen molar-refractivity contribution in [2.45, 2.75) is 0 Å². The molecule has 2 aromatic rings. The summed E-state index contributed by atoms with van der Waals surface area (Å²) in [6.45, 7) is 4.10. The average molecular weight is 246 g/mol. The molecule has 2 heteroatoms. The Morgan fingerprint density at radius 2 is 1.37 bits per heavy atom. The van der Waals surface area contributed by atoms with Gasteiger partial charge in [-0.15, -0.1) is 0 Å². The molecule has 2 nitrogen and oxygen atoms in total. The summed E-state index contributed by atoms with van der Waals surface area (Å²) in [5.74, 6) is 0. The second-order valence-corrected chi connectivity index (χ2v) is 4.39. The summed E-state index contributed by atoms with van der Waals surface area (Å²) in [5.41, 5.74) is 8.07. The zero-order valence-corrected chi connectivity index (χ0v) is 10.5. The SMILES string of the molecule is C=C1C=C(c2ccccc2)NN=C1c1ccccc1. The third-order valence-corrected chi connectivity index (χ3v) is 3.04. The Balaban J connectivity index is 1.89. The van der Waals surface area contributed by atoms with E-state index in [2.05, 4.69) is 29.2 Å². The van der Waals surface area contributed by atoms with Gasteiger partial charge in [0.1, 0.15) is 0 Å². The maximum absolute atomic E-state index is 4.44. The van der Waals surface area contributed by atoms with Gasteiger partial charge >= 0.3 is 0 Å². The van der Waals surface area contributed by atoms with Gasteiger partial charge in [-0.2, -0.15) is 5.10 Å². The number of nitrogens with one attached hydrogen (secondary N) is 1. The first-order chi connectivity index (χ1) is 9.34. The minimum Gasteiger partial charge on any atom is -0.277 e. The highest BCUT2D eigenvalue weighted by Gasteiger charge is 2.13. The van der Waals surface area contributed by atoms with Crippen LogP contribution in [-0.4, -0.2) is 5.71 Å². The second kappa shape index (κ2) is 4.94. The van der Waals surface area contributed by atoms with Gasteiger partial charge < -0.3 is 0 Å². The van der Waals surface area contributed by atoms with E-state index in [1.54, 1.807) is 0 Å². The number of hydrogen-bond acceptors (Lipinski definition) is 2. The highest BCUT2D eigenvalue weighted by Crippen LogP contribution is 2.20. The maximum Gasteiger partial charge on any atom is 0.0972 e. The number of rotatable bonds is 2. The van der Waals surface area contributed by atoms with Crippen molar-refractivity contribution in [3.05, 3.63) is 90.0 Å². The van der Waals surface area contributed by atoms with E-state index in [1.807, 2.05) is 54.6 Å². The van der Waals surface area contributed by atoms with Gasteiger partial charge in [-0.1, -0.05) is 67.2 Å². The van der Waals surface area contributed by atoms with E-state index < -0.39 is 0 Å². The summed E-state index contributed by atoms with van der Waals surface area (Å²) in [7, 11) is 0. The van der Waals surface area contributed by atoms with Crippen LogP contribution in [0.5, 0.6) is 0 Å². The number of hydrogen-bond donors (Lipinski definition) is 1. The zero-order valence-electron chi connectivity index (χ0n) is 10.5. The van der Waals surface area contributed by atoms with Gasteiger partial charge in [0, 0.05) is 5.56 Å². The molecule has 0 fully saturated rings. The van der Waals surface area contributed by atoms with Gasteiger partial charge in [0.15, 0.2) is 0 Å². The molecular weight excluding hydrogens is 232 g/mol. The van der Waals surface area contributed by atoms with E-state index >= 15 is 0 Å². The van der Waals surface area contributed by atoms with Crippen molar-refractivity contribution in [3.63, 3.8) is 0 Å². The van der Waals surface area contributed by atoms with Crippen LogP contribution in [0.4, 0.5) is 0 Å². The van der Waals surface area contributed by atoms with Crippen LogP contribution in [0.3, 0.4) is 0 Å². The van der Waals surface area contributed by atoms with Gasteiger partial charge in [-0.25, -0.2) is 0 Å². The number of allylic oxidation sites excluding steroid dienone is 2. The van der Waals surface area contributed by atoms with Gasteiger partial charge in [-0.3, -0.25) is 5.43 Å². The summed E-state index contributed by atoms with van der Waals surface area (Å²) >= 11 is 0. The van der Waals surface area contributed by atoms with E-state index in [-0.39, 0.29) is 0 Å². The minimum atomic E-state index is 0.889. The van der Waals surface area contributed by atoms with Crippen molar-refractivity contribution >= 4 is 11.4 Å². The van der Waals surface area contributed by atoms with E-state index in [9.17, 15) is 0 Å². The first-order valence-corrected chi connectivity index (χ1v) is 6.20. The van der Waals surface area contributed by atoms with Crippen LogP contribution in [-0.2, 0) is 0 Å². The van der Waals surface area contributed by atoms with E-state index in [0.29, 0.717) is 0 Å². The number of benzene rings is 2. The van der Waals surface area contributed by atoms with Crippen LogP contribution >= 0.6 is 0 Å². The van der Waals surface area contributed by atoms with Gasteiger partial charge in [0.2, 0.25) is 0 Å². The number of nitrogens with zero attached hydrogens (tertiary/aromatic N) is 1. The molecule has 0 saturated heterocycles. The highest BCUT2D eigenvalue weighted by molar-refractivity contribution is 6.15. The lowest BCUT2D eigenvalue weighted by molar-refractivity contribution is 0.979. The predicted octanol–water partition coefficient (Wildman–Crippen LogP) is 3.59. The molecule has 1 aliphatic rings. The average Bonchev–Trinajstić information content (AvgIpc) is 2.49. The fraction of sp³-hybridized carbons (Fsp3) is 0. The molecule has 0 atom stereocenters. The lowest BCUT2D eigenvalue weighted by atomic mass is 10.0. The molecule has 0 radical (unpaired) electrons. The van der Waals surface area contributed by atoms with Crippen LogP contribution < -0.4 is 5.43 Å². The summed E-state index contributed by atoms with van der Waals surface area (Å²) in [6.07, 6.45) is 2.03. The molecule has 0 aliphatic carbocycles. The highest BCUT2D eigenvalue weighted by atomic mass is 15.3. The fourth-order valence-electron chi connectivity index (χ4n) is 2.07. The van der Waals surface area contributed by atoms with Crippen LogP contribution in [0, 0.1) is 0 Å². The molecule has 19 heavy (non-hydrogen) atoms. The molecular formula is C17H14N2. The summed E-state index contributed by atoms with van der Waals surface area (Å²) in [6, 6.07) is 20.2. The Morgan fingerprint density at radius 1 is 0.789 bits per heavy atom. The molecule has 1 aliphatic heterocycles. The third kappa shape index (κ3) is 2.33. The molecule has 0 unspecified atom stereocenters. The van der Waals surface area contributed by atoms with Crippen LogP contribution in [0.25, 0.3) is 5.70 Å². The Hall–Kier alpha value is -2.61. The zero-order chi connectivity index (χ0) is 13.1. The van der Waals surface area contributed by atoms with E-state index in [1.165, 1.54) is 0 Å². The molecule has 3 rings (SSSR count). The van der Waals surface area contributed by atoms with E-state index in [0.717, 1.165) is 28.1 Å². The van der Waals surface area contributed by atoms with E-state index in [4.69, 9.17) is 0 Å². The monoisotopic (exact) mass is 246 g/mol. The predicted molar refractivity (Wildman–Crippen MR) is 79.7 cm³/mol. The van der Waals surface area contributed by atoms with Gasteiger partial charge in [-0.05, 0) is 17.2 Å². The van der Waals surface area contributed by atoms with Crippen molar-refractivity contribution in [3.8, 4) is 0 Å². The van der Waals surface area contributed by atoms with Crippen LogP contribution in [0.2, 0.25) is 0 Å². The van der Waals surface area contributed by atoms with Crippen LogP contribution in [0.15, 0.2) is 84.0 Å². The molecule has 92 valence electrons. The lowest BCUT2D eigenvalue weighted by Gasteiger charge is -2.16. The summed E-state index contributed by atoms with van der Waals surface area (Å²) in [4.78, 5) is 0. The molecule has 0 amide bonds. The molecule has 1 heterocycles.